The van der Waals surface area contributed by atoms with Crippen LogP contribution >= 0.6 is 11.3 Å². The lowest BCUT2D eigenvalue weighted by Gasteiger charge is -1.86. The van der Waals surface area contributed by atoms with Gasteiger partial charge in [0, 0.05) is 19.3 Å². The van der Waals surface area contributed by atoms with Gasteiger partial charge >= 0.3 is 0 Å². The molecule has 0 radical (unpaired) electrons. The Bertz CT molecular complexity index is 709. The van der Waals surface area contributed by atoms with E-state index in [1.807, 2.05) is 41.9 Å². The number of carbonyl (C=O) groups excluding carboxylic acids is 1. The van der Waals surface area contributed by atoms with Crippen molar-refractivity contribution in [3.63, 3.8) is 0 Å². The van der Waals surface area contributed by atoms with Gasteiger partial charge in [0.2, 0.25) is 0 Å². The summed E-state index contributed by atoms with van der Waals surface area (Å²) in [6, 6.07) is 5.84. The fourth-order valence-electron chi connectivity index (χ4n) is 1.87. The van der Waals surface area contributed by atoms with Crippen molar-refractivity contribution >= 4 is 22.8 Å². The van der Waals surface area contributed by atoms with E-state index in [1.54, 1.807) is 6.92 Å². The van der Waals surface area contributed by atoms with Crippen LogP contribution in [0, 0.1) is 6.92 Å². The minimum atomic E-state index is 0.0556. The summed E-state index contributed by atoms with van der Waals surface area (Å²) >= 11 is 1.40. The zero-order valence-corrected chi connectivity index (χ0v) is 10.9. The van der Waals surface area contributed by atoms with E-state index in [0.29, 0.717) is 4.88 Å². The first-order chi connectivity index (χ1) is 8.65. The standard InChI is InChI=1S/C13H11N3OS/c1-8-12(9(2)17)18-13(14-8)10-7-16-6-4-3-5-11(16)15-10/h3-7H,1-2H3. The van der Waals surface area contributed by atoms with Crippen molar-refractivity contribution in [1.29, 1.82) is 0 Å². The highest BCUT2D eigenvalue weighted by atomic mass is 32.1. The smallest absolute Gasteiger partial charge is 0.171 e. The zero-order valence-electron chi connectivity index (χ0n) is 10.0. The maximum absolute atomic E-state index is 11.4. The van der Waals surface area contributed by atoms with Crippen LogP contribution in [0.5, 0.6) is 0 Å². The number of ketones is 1. The van der Waals surface area contributed by atoms with E-state index in [0.717, 1.165) is 22.0 Å². The topological polar surface area (TPSA) is 47.3 Å². The molecule has 90 valence electrons. The summed E-state index contributed by atoms with van der Waals surface area (Å²) in [5, 5.41) is 0.793. The molecule has 0 saturated carbocycles. The lowest BCUT2D eigenvalue weighted by Crippen LogP contribution is -1.89. The Morgan fingerprint density at radius 1 is 1.33 bits per heavy atom. The van der Waals surface area contributed by atoms with Crippen LogP contribution in [0.1, 0.15) is 22.3 Å². The van der Waals surface area contributed by atoms with Gasteiger partial charge in [-0.2, -0.15) is 0 Å². The second kappa shape index (κ2) is 4.03. The number of imidazole rings is 1. The number of thiazole rings is 1. The summed E-state index contributed by atoms with van der Waals surface area (Å²) in [5.41, 5.74) is 2.46. The molecule has 0 N–H and O–H groups in total. The Kier molecular flexibility index (Phi) is 2.48. The molecule has 0 aromatic carbocycles. The first kappa shape index (κ1) is 11.1. The fraction of sp³-hybridized carbons (Fsp3) is 0.154. The fourth-order valence-corrected chi connectivity index (χ4v) is 2.79. The number of rotatable bonds is 2. The van der Waals surface area contributed by atoms with Gasteiger partial charge in [-0.1, -0.05) is 6.07 Å². The largest absolute Gasteiger partial charge is 0.306 e. The molecule has 0 aliphatic carbocycles. The molecule has 0 bridgehead atoms. The maximum atomic E-state index is 11.4. The van der Waals surface area contributed by atoms with Gasteiger partial charge in [0.25, 0.3) is 0 Å². The average Bonchev–Trinajstić information content (AvgIpc) is 2.91. The van der Waals surface area contributed by atoms with Gasteiger partial charge in [-0.05, 0) is 19.1 Å². The molecule has 0 aliphatic heterocycles. The molecule has 0 unspecified atom stereocenters. The minimum Gasteiger partial charge on any atom is -0.306 e. The number of nitrogens with zero attached hydrogens (tertiary/aromatic N) is 3. The second-order valence-electron chi connectivity index (χ2n) is 4.08. The Morgan fingerprint density at radius 2 is 2.17 bits per heavy atom. The van der Waals surface area contributed by atoms with Crippen LogP contribution in [0.4, 0.5) is 0 Å². The third-order valence-corrected chi connectivity index (χ3v) is 3.98. The number of aromatic nitrogens is 3. The highest BCUT2D eigenvalue weighted by Gasteiger charge is 2.14. The first-order valence-corrected chi connectivity index (χ1v) is 6.39. The Labute approximate surface area is 108 Å². The molecule has 3 aromatic heterocycles. The number of pyridine rings is 1. The predicted octanol–water partition coefficient (Wildman–Crippen LogP) is 2.97. The van der Waals surface area contributed by atoms with E-state index in [2.05, 4.69) is 9.97 Å². The molecule has 3 rings (SSSR count). The van der Waals surface area contributed by atoms with E-state index in [9.17, 15) is 4.79 Å². The molecular formula is C13H11N3OS. The van der Waals surface area contributed by atoms with Crippen molar-refractivity contribution in [1.82, 2.24) is 14.4 Å². The molecule has 4 nitrogen and oxygen atoms in total. The molecule has 3 aromatic rings. The van der Waals surface area contributed by atoms with E-state index in [-0.39, 0.29) is 5.78 Å². The van der Waals surface area contributed by atoms with Crippen LogP contribution in [0.2, 0.25) is 0 Å². The molecule has 0 aliphatic rings. The monoisotopic (exact) mass is 257 g/mol. The molecule has 0 saturated heterocycles. The molecule has 0 fully saturated rings. The Balaban J connectivity index is 2.14. The number of hydrogen-bond donors (Lipinski definition) is 0. The average molecular weight is 257 g/mol. The van der Waals surface area contributed by atoms with Crippen molar-refractivity contribution < 1.29 is 4.79 Å². The van der Waals surface area contributed by atoms with E-state index < -0.39 is 0 Å². The van der Waals surface area contributed by atoms with Crippen LogP contribution in [-0.4, -0.2) is 20.2 Å². The third-order valence-electron chi connectivity index (χ3n) is 2.70. The predicted molar refractivity (Wildman–Crippen MR) is 71.0 cm³/mol. The van der Waals surface area contributed by atoms with Crippen LogP contribution in [0.25, 0.3) is 16.3 Å². The number of carbonyl (C=O) groups is 1. The van der Waals surface area contributed by atoms with Crippen LogP contribution in [-0.2, 0) is 0 Å². The zero-order chi connectivity index (χ0) is 12.7. The SMILES string of the molecule is CC(=O)c1sc(-c2cn3ccccc3n2)nc1C. The molecular weight excluding hydrogens is 246 g/mol. The molecule has 3 heterocycles. The summed E-state index contributed by atoms with van der Waals surface area (Å²) in [7, 11) is 0. The summed E-state index contributed by atoms with van der Waals surface area (Å²) in [4.78, 5) is 21.1. The number of Topliss-reactive ketones (excluding diaryl/α,β-unsaturated/α-hetero) is 1. The lowest BCUT2D eigenvalue weighted by molar-refractivity contribution is 0.102. The van der Waals surface area contributed by atoms with Crippen molar-refractivity contribution in [3.8, 4) is 10.7 Å². The van der Waals surface area contributed by atoms with Crippen molar-refractivity contribution in [2.75, 3.05) is 0 Å². The normalized spacial score (nSPS) is 11.0. The summed E-state index contributed by atoms with van der Waals surface area (Å²) in [6.45, 7) is 3.42. The van der Waals surface area contributed by atoms with Crippen molar-refractivity contribution in [2.45, 2.75) is 13.8 Å². The maximum Gasteiger partial charge on any atom is 0.171 e. The molecule has 0 amide bonds. The second-order valence-corrected chi connectivity index (χ2v) is 5.08. The highest BCUT2D eigenvalue weighted by Crippen LogP contribution is 2.27. The highest BCUT2D eigenvalue weighted by molar-refractivity contribution is 7.17. The summed E-state index contributed by atoms with van der Waals surface area (Å²) < 4.78 is 1.94. The van der Waals surface area contributed by atoms with Crippen molar-refractivity contribution in [3.05, 3.63) is 41.2 Å². The Morgan fingerprint density at radius 3 is 2.83 bits per heavy atom. The molecule has 5 heteroatoms. The van der Waals surface area contributed by atoms with Crippen LogP contribution in [0.3, 0.4) is 0 Å². The summed E-state index contributed by atoms with van der Waals surface area (Å²) in [6.07, 6.45) is 3.87. The number of fused-ring (bicyclic) bond motifs is 1. The van der Waals surface area contributed by atoms with Crippen LogP contribution < -0.4 is 0 Å². The van der Waals surface area contributed by atoms with Gasteiger partial charge in [0.15, 0.2) is 5.78 Å². The Hall–Kier alpha value is -2.01. The van der Waals surface area contributed by atoms with E-state index >= 15 is 0 Å². The molecule has 18 heavy (non-hydrogen) atoms. The van der Waals surface area contributed by atoms with Gasteiger partial charge in [0.05, 0.1) is 10.6 Å². The molecule has 0 spiro atoms. The number of aryl methyl sites for hydroxylation is 1. The van der Waals surface area contributed by atoms with Crippen LogP contribution in [0.15, 0.2) is 30.6 Å². The minimum absolute atomic E-state index is 0.0556. The van der Waals surface area contributed by atoms with Gasteiger partial charge < -0.3 is 4.40 Å². The summed E-state index contributed by atoms with van der Waals surface area (Å²) in [5.74, 6) is 0.0556. The number of hydrogen-bond acceptors (Lipinski definition) is 4. The first-order valence-electron chi connectivity index (χ1n) is 5.57. The van der Waals surface area contributed by atoms with E-state index in [4.69, 9.17) is 0 Å². The van der Waals surface area contributed by atoms with Gasteiger partial charge in [-0.25, -0.2) is 9.97 Å². The lowest BCUT2D eigenvalue weighted by atomic mass is 10.3. The van der Waals surface area contributed by atoms with Crippen molar-refractivity contribution in [2.24, 2.45) is 0 Å². The third kappa shape index (κ3) is 1.73. The van der Waals surface area contributed by atoms with E-state index in [1.165, 1.54) is 11.3 Å². The van der Waals surface area contributed by atoms with Gasteiger partial charge in [-0.15, -0.1) is 11.3 Å². The molecule has 0 atom stereocenters. The van der Waals surface area contributed by atoms with Gasteiger partial charge in [0.1, 0.15) is 16.3 Å². The van der Waals surface area contributed by atoms with Gasteiger partial charge in [-0.3, -0.25) is 4.79 Å². The quantitative estimate of drug-likeness (QED) is 0.663.